The second kappa shape index (κ2) is 11.1. The minimum atomic E-state index is -0.820. The Kier molecular flexibility index (Phi) is 7.64. The zero-order chi connectivity index (χ0) is 28.6. The molecule has 2 amide bonds. The molecule has 1 saturated carbocycles. The summed E-state index contributed by atoms with van der Waals surface area (Å²) in [5.41, 5.74) is 8.33. The molecule has 0 radical (unpaired) electrons. The standard InChI is InChI=1S/C29H19Cl2N5O3S/c30-18-7-3-15(22(31)11-18)6-10-23(37)16-4-8-19(9-5-16)36-25(38)12-24(29(36)39)40-28-21(14-33)26(17-1-2-17)20(13-32)27(34)35-28/h3-11,17,24H,1-2,12H2,(H2,34,35)/b10-6+/t24-/m1/s1. The highest BCUT2D eigenvalue weighted by Gasteiger charge is 2.42. The molecule has 0 spiro atoms. The molecule has 1 aliphatic heterocycles. The van der Waals surface area contributed by atoms with Gasteiger partial charge in [-0.2, -0.15) is 10.5 Å². The second-order valence-corrected chi connectivity index (χ2v) is 11.3. The zero-order valence-corrected chi connectivity index (χ0v) is 23.1. The zero-order valence-electron chi connectivity index (χ0n) is 20.7. The molecule has 2 heterocycles. The summed E-state index contributed by atoms with van der Waals surface area (Å²) >= 11 is 13.1. The van der Waals surface area contributed by atoms with Crippen LogP contribution in [-0.2, 0) is 9.59 Å². The highest BCUT2D eigenvalue weighted by Crippen LogP contribution is 2.47. The molecule has 1 atom stereocenters. The average Bonchev–Trinajstić information content (AvgIpc) is 3.73. The number of nitrogens with zero attached hydrogens (tertiary/aromatic N) is 4. The van der Waals surface area contributed by atoms with E-state index in [1.54, 1.807) is 24.3 Å². The number of imide groups is 1. The lowest BCUT2D eigenvalue weighted by Crippen LogP contribution is -2.31. The molecule has 198 valence electrons. The van der Waals surface area contributed by atoms with Gasteiger partial charge in [0.1, 0.15) is 23.0 Å². The van der Waals surface area contributed by atoms with Crippen molar-refractivity contribution in [1.29, 1.82) is 10.5 Å². The first-order valence-electron chi connectivity index (χ1n) is 12.2. The van der Waals surface area contributed by atoms with Crippen molar-refractivity contribution in [2.24, 2.45) is 0 Å². The van der Waals surface area contributed by atoms with E-state index >= 15 is 0 Å². The van der Waals surface area contributed by atoms with Crippen LogP contribution < -0.4 is 10.6 Å². The van der Waals surface area contributed by atoms with Crippen LogP contribution in [0.3, 0.4) is 0 Å². The van der Waals surface area contributed by atoms with Gasteiger partial charge in [-0.3, -0.25) is 14.4 Å². The number of benzene rings is 2. The number of aromatic nitrogens is 1. The van der Waals surface area contributed by atoms with E-state index in [1.165, 1.54) is 30.3 Å². The second-order valence-electron chi connectivity index (χ2n) is 9.25. The maximum absolute atomic E-state index is 13.3. The van der Waals surface area contributed by atoms with E-state index in [4.69, 9.17) is 28.9 Å². The number of rotatable bonds is 7. The molecule has 11 heteroatoms. The molecule has 2 N–H and O–H groups in total. The number of amides is 2. The van der Waals surface area contributed by atoms with Crippen molar-refractivity contribution < 1.29 is 14.4 Å². The SMILES string of the molecule is N#Cc1c(N)nc(S[C@@H]2CC(=O)N(c3ccc(C(=O)/C=C/c4ccc(Cl)cc4Cl)cc3)C2=O)c(C#N)c1C1CC1. The van der Waals surface area contributed by atoms with Crippen molar-refractivity contribution in [1.82, 2.24) is 4.98 Å². The largest absolute Gasteiger partial charge is 0.383 e. The van der Waals surface area contributed by atoms with Crippen LogP contribution in [0.5, 0.6) is 0 Å². The molecule has 40 heavy (non-hydrogen) atoms. The maximum atomic E-state index is 13.3. The molecule has 8 nitrogen and oxygen atoms in total. The number of carbonyl (C=O) groups is 3. The summed E-state index contributed by atoms with van der Waals surface area (Å²) in [6, 6.07) is 15.2. The van der Waals surface area contributed by atoms with Crippen LogP contribution in [0.2, 0.25) is 10.0 Å². The van der Waals surface area contributed by atoms with Crippen molar-refractivity contribution in [3.63, 3.8) is 0 Å². The first kappa shape index (κ1) is 27.4. The van der Waals surface area contributed by atoms with Crippen LogP contribution in [0.15, 0.2) is 53.6 Å². The van der Waals surface area contributed by atoms with Crippen LogP contribution >= 0.6 is 35.0 Å². The van der Waals surface area contributed by atoms with E-state index in [0.29, 0.717) is 32.4 Å². The molecule has 1 saturated heterocycles. The third kappa shape index (κ3) is 5.32. The molecular formula is C29H19Cl2N5O3S. The number of nitriles is 2. The lowest BCUT2D eigenvalue weighted by molar-refractivity contribution is -0.121. The van der Waals surface area contributed by atoms with Gasteiger partial charge in [0.05, 0.1) is 22.1 Å². The van der Waals surface area contributed by atoms with E-state index in [-0.39, 0.29) is 40.1 Å². The average molecular weight is 588 g/mol. The van der Waals surface area contributed by atoms with Crippen molar-refractivity contribution in [3.05, 3.63) is 86.4 Å². The van der Waals surface area contributed by atoms with Crippen molar-refractivity contribution >= 4 is 70.1 Å². The third-order valence-corrected chi connectivity index (χ3v) is 8.32. The number of allylic oxidation sites excluding steroid dienone is 1. The quantitative estimate of drug-likeness (QED) is 0.204. The van der Waals surface area contributed by atoms with Crippen molar-refractivity contribution in [3.8, 4) is 12.1 Å². The topological polar surface area (TPSA) is 141 Å². The van der Waals surface area contributed by atoms with Gasteiger partial charge in [-0.25, -0.2) is 9.88 Å². The molecule has 1 aromatic heterocycles. The molecule has 2 aliphatic rings. The number of carbonyl (C=O) groups excluding carboxylic acids is 3. The number of nitrogen functional groups attached to an aromatic ring is 1. The van der Waals surface area contributed by atoms with Crippen LogP contribution in [0.25, 0.3) is 6.08 Å². The Hall–Kier alpha value is -4.15. The molecule has 5 rings (SSSR count). The summed E-state index contributed by atoms with van der Waals surface area (Å²) in [4.78, 5) is 44.1. The summed E-state index contributed by atoms with van der Waals surface area (Å²) < 4.78 is 0. The number of nitrogens with two attached hydrogens (primary N) is 1. The lowest BCUT2D eigenvalue weighted by atomic mass is 10.0. The first-order valence-corrected chi connectivity index (χ1v) is 13.8. The number of ketones is 1. The monoisotopic (exact) mass is 587 g/mol. The van der Waals surface area contributed by atoms with Crippen LogP contribution in [-0.4, -0.2) is 27.8 Å². The fourth-order valence-corrected chi connectivity index (χ4v) is 6.06. The van der Waals surface area contributed by atoms with Crippen LogP contribution in [0.1, 0.15) is 57.8 Å². The van der Waals surface area contributed by atoms with Gasteiger partial charge >= 0.3 is 0 Å². The van der Waals surface area contributed by atoms with Gasteiger partial charge < -0.3 is 5.73 Å². The predicted octanol–water partition coefficient (Wildman–Crippen LogP) is 5.91. The lowest BCUT2D eigenvalue weighted by Gasteiger charge is -2.16. The summed E-state index contributed by atoms with van der Waals surface area (Å²) in [6.07, 6.45) is 4.55. The smallest absolute Gasteiger partial charge is 0.247 e. The van der Waals surface area contributed by atoms with Crippen molar-refractivity contribution in [2.45, 2.75) is 35.5 Å². The summed E-state index contributed by atoms with van der Waals surface area (Å²) in [5.74, 6) is -1.10. The number of pyridine rings is 1. The highest BCUT2D eigenvalue weighted by molar-refractivity contribution is 8.00. The van der Waals surface area contributed by atoms with Gasteiger partial charge in [0, 0.05) is 22.0 Å². The molecule has 0 bridgehead atoms. The Morgan fingerprint density at radius 3 is 2.40 bits per heavy atom. The maximum Gasteiger partial charge on any atom is 0.247 e. The Bertz CT molecular complexity index is 1690. The van der Waals surface area contributed by atoms with E-state index < -0.39 is 17.1 Å². The van der Waals surface area contributed by atoms with Crippen molar-refractivity contribution in [2.75, 3.05) is 10.6 Å². The molecule has 3 aromatic rings. The normalized spacial score (nSPS) is 16.8. The number of thioether (sulfide) groups is 1. The molecule has 1 aliphatic carbocycles. The van der Waals surface area contributed by atoms with Gasteiger partial charge in [0.25, 0.3) is 0 Å². The Labute approximate surface area is 244 Å². The summed E-state index contributed by atoms with van der Waals surface area (Å²) in [6.45, 7) is 0. The molecule has 2 fully saturated rings. The summed E-state index contributed by atoms with van der Waals surface area (Å²) in [5, 5.41) is 19.7. The minimum absolute atomic E-state index is 0.00664. The van der Waals surface area contributed by atoms with Crippen LogP contribution in [0.4, 0.5) is 11.5 Å². The highest BCUT2D eigenvalue weighted by atomic mass is 35.5. The van der Waals surface area contributed by atoms with Crippen LogP contribution in [0, 0.1) is 22.7 Å². The number of halogens is 2. The Balaban J connectivity index is 1.33. The van der Waals surface area contributed by atoms with Gasteiger partial charge in [-0.1, -0.05) is 41.0 Å². The fraction of sp³-hybridized carbons (Fsp3) is 0.172. The molecule has 0 unspecified atom stereocenters. The molecular weight excluding hydrogens is 569 g/mol. The van der Waals surface area contributed by atoms with E-state index in [2.05, 4.69) is 11.1 Å². The third-order valence-electron chi connectivity index (χ3n) is 6.59. The first-order chi connectivity index (χ1) is 19.2. The van der Waals surface area contributed by atoms with E-state index in [1.807, 2.05) is 6.07 Å². The number of hydrogen-bond donors (Lipinski definition) is 1. The van der Waals surface area contributed by atoms with Gasteiger partial charge in [0.2, 0.25) is 11.8 Å². The predicted molar refractivity (Wildman–Crippen MR) is 153 cm³/mol. The van der Waals surface area contributed by atoms with Gasteiger partial charge in [0.15, 0.2) is 5.78 Å². The fourth-order valence-electron chi connectivity index (χ4n) is 4.47. The van der Waals surface area contributed by atoms with Gasteiger partial charge in [-0.15, -0.1) is 0 Å². The van der Waals surface area contributed by atoms with E-state index in [0.717, 1.165) is 29.5 Å². The Morgan fingerprint density at radius 1 is 1.07 bits per heavy atom. The number of anilines is 2. The Morgan fingerprint density at radius 2 is 1.77 bits per heavy atom. The number of hydrogen-bond acceptors (Lipinski definition) is 8. The van der Waals surface area contributed by atoms with Gasteiger partial charge in [-0.05, 0) is 78.4 Å². The summed E-state index contributed by atoms with van der Waals surface area (Å²) in [7, 11) is 0. The van der Waals surface area contributed by atoms with E-state index in [9.17, 15) is 24.9 Å². The molecule has 2 aromatic carbocycles. The minimum Gasteiger partial charge on any atom is -0.383 e.